The molecular weight excluding hydrogens is 212 g/mol. The van der Waals surface area contributed by atoms with Crippen molar-refractivity contribution in [2.75, 3.05) is 6.54 Å². The van der Waals surface area contributed by atoms with E-state index in [1.54, 1.807) is 0 Å². The summed E-state index contributed by atoms with van der Waals surface area (Å²) in [5, 5.41) is 2.93. The Labute approximate surface area is 101 Å². The topological polar surface area (TPSA) is 32.3 Å². The molecule has 0 saturated heterocycles. The number of carbonyl (C=O) groups is 1. The highest BCUT2D eigenvalue weighted by molar-refractivity contribution is 5.87. The number of amides is 1. The summed E-state index contributed by atoms with van der Waals surface area (Å²) in [7, 11) is 0. The Balaban J connectivity index is 2.08. The number of hydrogen-bond acceptors (Lipinski definition) is 2. The molecule has 0 fully saturated rings. The molecule has 3 rings (SSSR count). The fourth-order valence-electron chi connectivity index (χ4n) is 2.89. The minimum Gasteiger partial charge on any atom is -0.367 e. The molecule has 0 spiro atoms. The first-order chi connectivity index (χ1) is 8.20. The van der Waals surface area contributed by atoms with Crippen LogP contribution in [-0.4, -0.2) is 23.4 Å². The van der Waals surface area contributed by atoms with Gasteiger partial charge in [-0.2, -0.15) is 0 Å². The molecule has 1 N–H and O–H groups in total. The van der Waals surface area contributed by atoms with E-state index in [2.05, 4.69) is 48.5 Å². The largest absolute Gasteiger partial charge is 0.367 e. The molecule has 1 aliphatic carbocycles. The molecule has 3 aliphatic rings. The predicted molar refractivity (Wildman–Crippen MR) is 66.9 cm³/mol. The SMILES string of the molecule is CCN1C=CC=C2C3=C(C=C(C)C21)NC(=O)C3. The summed E-state index contributed by atoms with van der Waals surface area (Å²) in [5.41, 5.74) is 4.75. The highest BCUT2D eigenvalue weighted by Gasteiger charge is 2.34. The van der Waals surface area contributed by atoms with Crippen LogP contribution in [0, 0.1) is 0 Å². The van der Waals surface area contributed by atoms with Crippen molar-refractivity contribution < 1.29 is 4.79 Å². The zero-order valence-corrected chi connectivity index (χ0v) is 10.2. The lowest BCUT2D eigenvalue weighted by Crippen LogP contribution is -2.37. The summed E-state index contributed by atoms with van der Waals surface area (Å²) in [5.74, 6) is 0.109. The highest BCUT2D eigenvalue weighted by atomic mass is 16.1. The van der Waals surface area contributed by atoms with E-state index in [4.69, 9.17) is 0 Å². The van der Waals surface area contributed by atoms with E-state index >= 15 is 0 Å². The van der Waals surface area contributed by atoms with Crippen LogP contribution in [0.25, 0.3) is 0 Å². The molecule has 17 heavy (non-hydrogen) atoms. The zero-order valence-electron chi connectivity index (χ0n) is 10.2. The molecule has 0 bridgehead atoms. The van der Waals surface area contributed by atoms with Crippen molar-refractivity contribution in [3.63, 3.8) is 0 Å². The molecule has 1 atom stereocenters. The zero-order chi connectivity index (χ0) is 12.0. The second-order valence-electron chi connectivity index (χ2n) is 4.70. The highest BCUT2D eigenvalue weighted by Crippen LogP contribution is 2.37. The van der Waals surface area contributed by atoms with Crippen molar-refractivity contribution in [3.8, 4) is 0 Å². The minimum atomic E-state index is 0.109. The van der Waals surface area contributed by atoms with Gasteiger partial charge in [-0.15, -0.1) is 0 Å². The maximum absolute atomic E-state index is 11.5. The second-order valence-corrected chi connectivity index (χ2v) is 4.70. The van der Waals surface area contributed by atoms with E-state index in [0.29, 0.717) is 12.5 Å². The molecule has 2 aliphatic heterocycles. The number of likely N-dealkylation sites (N-methyl/N-ethyl adjacent to an activating group) is 1. The molecule has 3 nitrogen and oxygen atoms in total. The average molecular weight is 228 g/mol. The Hall–Kier alpha value is -1.77. The van der Waals surface area contributed by atoms with Gasteiger partial charge in [0.2, 0.25) is 5.91 Å². The lowest BCUT2D eigenvalue weighted by molar-refractivity contribution is -0.118. The predicted octanol–water partition coefficient (Wildman–Crippen LogP) is 1.86. The van der Waals surface area contributed by atoms with Gasteiger partial charge < -0.3 is 10.2 Å². The molecule has 0 radical (unpaired) electrons. The number of nitrogens with zero attached hydrogens (tertiary/aromatic N) is 1. The fraction of sp³-hybridized carbons (Fsp3) is 0.357. The van der Waals surface area contributed by atoms with Crippen LogP contribution in [0.2, 0.25) is 0 Å². The number of allylic oxidation sites excluding steroid dienone is 3. The van der Waals surface area contributed by atoms with Crippen LogP contribution in [0.15, 0.2) is 46.8 Å². The minimum absolute atomic E-state index is 0.109. The van der Waals surface area contributed by atoms with Crippen LogP contribution < -0.4 is 5.32 Å². The van der Waals surface area contributed by atoms with Gasteiger partial charge in [0.05, 0.1) is 12.5 Å². The molecule has 0 aromatic heterocycles. The van der Waals surface area contributed by atoms with Crippen molar-refractivity contribution in [1.82, 2.24) is 10.2 Å². The Morgan fingerprint density at radius 1 is 1.53 bits per heavy atom. The Morgan fingerprint density at radius 3 is 3.12 bits per heavy atom. The van der Waals surface area contributed by atoms with Gasteiger partial charge in [0, 0.05) is 12.2 Å². The Kier molecular flexibility index (Phi) is 2.21. The number of hydrogen-bond donors (Lipinski definition) is 1. The third-order valence-electron chi connectivity index (χ3n) is 3.63. The summed E-state index contributed by atoms with van der Waals surface area (Å²) >= 11 is 0. The van der Waals surface area contributed by atoms with Gasteiger partial charge in [-0.25, -0.2) is 0 Å². The average Bonchev–Trinajstić information content (AvgIpc) is 2.69. The summed E-state index contributed by atoms with van der Waals surface area (Å²) in [4.78, 5) is 13.8. The van der Waals surface area contributed by atoms with Gasteiger partial charge in [-0.3, -0.25) is 4.79 Å². The maximum Gasteiger partial charge on any atom is 0.228 e. The van der Waals surface area contributed by atoms with Gasteiger partial charge in [0.15, 0.2) is 0 Å². The van der Waals surface area contributed by atoms with Gasteiger partial charge in [-0.1, -0.05) is 6.08 Å². The Bertz CT molecular complexity index is 508. The van der Waals surface area contributed by atoms with Crippen LogP contribution in [0.3, 0.4) is 0 Å². The molecule has 3 heteroatoms. The van der Waals surface area contributed by atoms with Crippen LogP contribution in [0.1, 0.15) is 20.3 Å². The fourth-order valence-corrected chi connectivity index (χ4v) is 2.89. The normalized spacial score (nSPS) is 26.4. The lowest BCUT2D eigenvalue weighted by atomic mass is 9.84. The van der Waals surface area contributed by atoms with E-state index in [1.165, 1.54) is 16.7 Å². The van der Waals surface area contributed by atoms with E-state index in [1.807, 2.05) is 0 Å². The van der Waals surface area contributed by atoms with Crippen LogP contribution in [0.4, 0.5) is 0 Å². The van der Waals surface area contributed by atoms with Crippen LogP contribution >= 0.6 is 0 Å². The van der Waals surface area contributed by atoms with E-state index in [-0.39, 0.29) is 5.91 Å². The smallest absolute Gasteiger partial charge is 0.228 e. The quantitative estimate of drug-likeness (QED) is 0.743. The summed E-state index contributed by atoms with van der Waals surface area (Å²) in [6, 6.07) is 0.316. The van der Waals surface area contributed by atoms with Gasteiger partial charge in [0.1, 0.15) is 0 Å². The Morgan fingerprint density at radius 2 is 2.35 bits per heavy atom. The molecular formula is C14H16N2O. The number of fused-ring (bicyclic) bond motifs is 2. The molecule has 0 saturated carbocycles. The van der Waals surface area contributed by atoms with Crippen LogP contribution in [0.5, 0.6) is 0 Å². The second kappa shape index (κ2) is 3.62. The molecule has 1 amide bonds. The molecule has 1 unspecified atom stereocenters. The maximum atomic E-state index is 11.5. The molecule has 0 aromatic rings. The lowest BCUT2D eigenvalue weighted by Gasteiger charge is -2.37. The molecule has 0 aromatic carbocycles. The van der Waals surface area contributed by atoms with Crippen LogP contribution in [-0.2, 0) is 4.79 Å². The number of rotatable bonds is 1. The van der Waals surface area contributed by atoms with Crippen molar-refractivity contribution in [1.29, 1.82) is 0 Å². The first kappa shape index (κ1) is 10.4. The van der Waals surface area contributed by atoms with E-state index in [9.17, 15) is 4.79 Å². The van der Waals surface area contributed by atoms with Gasteiger partial charge >= 0.3 is 0 Å². The summed E-state index contributed by atoms with van der Waals surface area (Å²) in [6.07, 6.45) is 8.97. The van der Waals surface area contributed by atoms with Gasteiger partial charge in [0.25, 0.3) is 0 Å². The monoisotopic (exact) mass is 228 g/mol. The van der Waals surface area contributed by atoms with E-state index < -0.39 is 0 Å². The summed E-state index contributed by atoms with van der Waals surface area (Å²) < 4.78 is 0. The van der Waals surface area contributed by atoms with E-state index in [0.717, 1.165) is 12.2 Å². The van der Waals surface area contributed by atoms with Crippen molar-refractivity contribution in [3.05, 3.63) is 46.8 Å². The van der Waals surface area contributed by atoms with Crippen molar-refractivity contribution in [2.24, 2.45) is 0 Å². The van der Waals surface area contributed by atoms with Gasteiger partial charge in [-0.05, 0) is 48.9 Å². The summed E-state index contributed by atoms with van der Waals surface area (Å²) in [6.45, 7) is 5.27. The third kappa shape index (κ3) is 1.46. The first-order valence-corrected chi connectivity index (χ1v) is 6.06. The number of nitrogens with one attached hydrogen (secondary N) is 1. The number of carbonyl (C=O) groups excluding carboxylic acids is 1. The molecule has 2 heterocycles. The molecule has 88 valence electrons. The van der Waals surface area contributed by atoms with Crippen molar-refractivity contribution >= 4 is 5.91 Å². The standard InChI is InChI=1S/C14H16N2O/c1-3-16-6-4-5-10-11-8-13(17)15-12(11)7-9(2)14(10)16/h4-7,14H,3,8H2,1-2H3,(H,15,17). The third-order valence-corrected chi connectivity index (χ3v) is 3.63. The first-order valence-electron chi connectivity index (χ1n) is 6.06. The van der Waals surface area contributed by atoms with Crippen molar-refractivity contribution in [2.45, 2.75) is 26.3 Å².